The molecule has 1 N–H and O–H groups in total. The summed E-state index contributed by atoms with van der Waals surface area (Å²) in [6.45, 7) is 2.05. The highest BCUT2D eigenvalue weighted by atomic mass is 32.2. The number of hydrogen-bond acceptors (Lipinski definition) is 3. The molecule has 1 nitrogen and oxygen atoms in total. The third kappa shape index (κ3) is 2.61. The Bertz CT molecular complexity index is 310. The summed E-state index contributed by atoms with van der Waals surface area (Å²) >= 11 is 3.48. The lowest BCUT2D eigenvalue weighted by molar-refractivity contribution is 0.465. The van der Waals surface area contributed by atoms with Crippen LogP contribution < -0.4 is 0 Å². The molecule has 0 heterocycles. The van der Waals surface area contributed by atoms with E-state index in [1.165, 1.54) is 5.56 Å². The monoisotopic (exact) mass is 228 g/mol. The normalized spacial score (nSPS) is 10.5. The summed E-state index contributed by atoms with van der Waals surface area (Å²) in [7, 11) is 0. The van der Waals surface area contributed by atoms with Gasteiger partial charge in [0.05, 0.1) is 0 Å². The second-order valence-corrected chi connectivity index (χ2v) is 4.97. The number of hydrogen-bond donors (Lipinski definition) is 1. The molecule has 14 heavy (non-hydrogen) atoms. The van der Waals surface area contributed by atoms with E-state index in [-0.39, 0.29) is 0 Å². The standard InChI is InChI=1S/C11H16OS2/c1-8-4-5-9(6-13-2)11(12)10(8)7-14-3/h4-5,12H,6-7H2,1-3H3. The fourth-order valence-electron chi connectivity index (χ4n) is 1.38. The van der Waals surface area contributed by atoms with Crippen molar-refractivity contribution in [3.63, 3.8) is 0 Å². The van der Waals surface area contributed by atoms with E-state index >= 15 is 0 Å². The van der Waals surface area contributed by atoms with Crippen LogP contribution in [0.5, 0.6) is 5.75 Å². The molecule has 0 aromatic heterocycles. The zero-order chi connectivity index (χ0) is 10.6. The molecular formula is C11H16OS2. The van der Waals surface area contributed by atoms with Gasteiger partial charge in [-0.25, -0.2) is 0 Å². The van der Waals surface area contributed by atoms with Crippen LogP contribution in [0.4, 0.5) is 0 Å². The van der Waals surface area contributed by atoms with Gasteiger partial charge in [0.15, 0.2) is 0 Å². The molecule has 3 heteroatoms. The van der Waals surface area contributed by atoms with Gasteiger partial charge in [-0.1, -0.05) is 12.1 Å². The summed E-state index contributed by atoms with van der Waals surface area (Å²) < 4.78 is 0. The summed E-state index contributed by atoms with van der Waals surface area (Å²) in [6.07, 6.45) is 4.10. The van der Waals surface area contributed by atoms with Gasteiger partial charge in [-0.2, -0.15) is 23.5 Å². The van der Waals surface area contributed by atoms with E-state index in [0.717, 1.165) is 22.6 Å². The largest absolute Gasteiger partial charge is 0.507 e. The molecule has 78 valence electrons. The molecule has 0 amide bonds. The van der Waals surface area contributed by atoms with Gasteiger partial charge < -0.3 is 5.11 Å². The second kappa shape index (κ2) is 5.56. The Kier molecular flexibility index (Phi) is 4.69. The number of thioether (sulfide) groups is 2. The predicted molar refractivity (Wildman–Crippen MR) is 67.3 cm³/mol. The Hall–Kier alpha value is -0.280. The zero-order valence-corrected chi connectivity index (χ0v) is 10.5. The fraction of sp³-hybridized carbons (Fsp3) is 0.455. The van der Waals surface area contributed by atoms with Crippen molar-refractivity contribution >= 4 is 23.5 Å². The van der Waals surface area contributed by atoms with Gasteiger partial charge in [-0.3, -0.25) is 0 Å². The first-order valence-corrected chi connectivity index (χ1v) is 7.27. The molecule has 0 atom stereocenters. The van der Waals surface area contributed by atoms with E-state index in [0.29, 0.717) is 5.75 Å². The molecule has 1 rings (SSSR count). The molecule has 0 spiro atoms. The van der Waals surface area contributed by atoms with Gasteiger partial charge in [0.25, 0.3) is 0 Å². The van der Waals surface area contributed by atoms with E-state index in [1.54, 1.807) is 23.5 Å². The lowest BCUT2D eigenvalue weighted by Gasteiger charge is -2.11. The molecule has 0 radical (unpaired) electrons. The Labute approximate surface area is 94.3 Å². The van der Waals surface area contributed by atoms with Crippen LogP contribution in [0.2, 0.25) is 0 Å². The van der Waals surface area contributed by atoms with Crippen LogP contribution in [0, 0.1) is 6.92 Å². The minimum Gasteiger partial charge on any atom is -0.507 e. The maximum absolute atomic E-state index is 10.0. The van der Waals surface area contributed by atoms with Crippen molar-refractivity contribution in [3.8, 4) is 5.75 Å². The van der Waals surface area contributed by atoms with Crippen molar-refractivity contribution in [2.45, 2.75) is 18.4 Å². The number of rotatable bonds is 4. The summed E-state index contributed by atoms with van der Waals surface area (Å²) in [5, 5.41) is 10.0. The minimum atomic E-state index is 0.494. The summed E-state index contributed by atoms with van der Waals surface area (Å²) in [5.74, 6) is 2.27. The number of aryl methyl sites for hydroxylation is 1. The van der Waals surface area contributed by atoms with Crippen LogP contribution in [0.3, 0.4) is 0 Å². The summed E-state index contributed by atoms with van der Waals surface area (Å²) in [5.41, 5.74) is 3.32. The fourth-order valence-corrected chi connectivity index (χ4v) is 2.58. The number of phenols is 1. The molecule has 0 fully saturated rings. The molecule has 0 aliphatic heterocycles. The molecular weight excluding hydrogens is 212 g/mol. The van der Waals surface area contributed by atoms with Crippen molar-refractivity contribution in [2.24, 2.45) is 0 Å². The third-order valence-corrected chi connectivity index (χ3v) is 3.37. The Balaban J connectivity index is 3.05. The van der Waals surface area contributed by atoms with E-state index in [4.69, 9.17) is 0 Å². The van der Waals surface area contributed by atoms with E-state index in [2.05, 4.69) is 12.3 Å². The molecule has 0 aliphatic carbocycles. The average Bonchev–Trinajstić information content (AvgIpc) is 2.17. The van der Waals surface area contributed by atoms with Crippen LogP contribution in [-0.4, -0.2) is 17.6 Å². The van der Waals surface area contributed by atoms with Crippen LogP contribution in [0.15, 0.2) is 12.1 Å². The highest BCUT2D eigenvalue weighted by Gasteiger charge is 2.08. The number of benzene rings is 1. The van der Waals surface area contributed by atoms with E-state index in [9.17, 15) is 5.11 Å². The maximum Gasteiger partial charge on any atom is 0.123 e. The van der Waals surface area contributed by atoms with Crippen molar-refractivity contribution in [3.05, 3.63) is 28.8 Å². The summed E-state index contributed by atoms with van der Waals surface area (Å²) in [6, 6.07) is 4.11. The Morgan fingerprint density at radius 2 is 1.79 bits per heavy atom. The quantitative estimate of drug-likeness (QED) is 0.852. The molecule has 0 aliphatic rings. The zero-order valence-electron chi connectivity index (χ0n) is 8.83. The van der Waals surface area contributed by atoms with Crippen LogP contribution in [0.25, 0.3) is 0 Å². The lowest BCUT2D eigenvalue weighted by atomic mass is 10.1. The predicted octanol–water partition coefficient (Wildman–Crippen LogP) is 3.43. The third-order valence-electron chi connectivity index (χ3n) is 2.19. The molecule has 0 bridgehead atoms. The second-order valence-electron chi connectivity index (χ2n) is 3.23. The first kappa shape index (κ1) is 11.8. The molecule has 1 aromatic rings. The van der Waals surface area contributed by atoms with Gasteiger partial charge in [-0.05, 0) is 25.0 Å². The van der Waals surface area contributed by atoms with Crippen molar-refractivity contribution in [1.82, 2.24) is 0 Å². The molecule has 0 unspecified atom stereocenters. The van der Waals surface area contributed by atoms with Gasteiger partial charge in [0.2, 0.25) is 0 Å². The minimum absolute atomic E-state index is 0.494. The maximum atomic E-state index is 10.0. The topological polar surface area (TPSA) is 20.2 Å². The number of aromatic hydroxyl groups is 1. The Morgan fingerprint density at radius 1 is 1.14 bits per heavy atom. The van der Waals surface area contributed by atoms with Gasteiger partial charge in [0.1, 0.15) is 5.75 Å². The highest BCUT2D eigenvalue weighted by molar-refractivity contribution is 7.98. The number of phenolic OH excluding ortho intramolecular Hbond substituents is 1. The molecule has 0 saturated heterocycles. The highest BCUT2D eigenvalue weighted by Crippen LogP contribution is 2.30. The van der Waals surface area contributed by atoms with Crippen LogP contribution in [-0.2, 0) is 11.5 Å². The first-order valence-electron chi connectivity index (χ1n) is 4.49. The van der Waals surface area contributed by atoms with Crippen molar-refractivity contribution in [2.75, 3.05) is 12.5 Å². The van der Waals surface area contributed by atoms with Gasteiger partial charge >= 0.3 is 0 Å². The van der Waals surface area contributed by atoms with E-state index < -0.39 is 0 Å². The van der Waals surface area contributed by atoms with Crippen LogP contribution >= 0.6 is 23.5 Å². The first-order chi connectivity index (χ1) is 6.70. The summed E-state index contributed by atoms with van der Waals surface area (Å²) in [4.78, 5) is 0. The Morgan fingerprint density at radius 3 is 2.36 bits per heavy atom. The van der Waals surface area contributed by atoms with Gasteiger partial charge in [-0.15, -0.1) is 0 Å². The smallest absolute Gasteiger partial charge is 0.123 e. The van der Waals surface area contributed by atoms with E-state index in [1.807, 2.05) is 19.2 Å². The van der Waals surface area contributed by atoms with Gasteiger partial charge in [0, 0.05) is 22.6 Å². The van der Waals surface area contributed by atoms with Crippen molar-refractivity contribution in [1.29, 1.82) is 0 Å². The average molecular weight is 228 g/mol. The molecule has 1 aromatic carbocycles. The van der Waals surface area contributed by atoms with Crippen LogP contribution in [0.1, 0.15) is 16.7 Å². The SMILES string of the molecule is CSCc1ccc(C)c(CSC)c1O. The lowest BCUT2D eigenvalue weighted by Crippen LogP contribution is -1.92. The molecule has 0 saturated carbocycles. The van der Waals surface area contributed by atoms with Crippen molar-refractivity contribution < 1.29 is 5.11 Å².